The van der Waals surface area contributed by atoms with Gasteiger partial charge in [-0.15, -0.1) is 0 Å². The van der Waals surface area contributed by atoms with E-state index in [0.29, 0.717) is 33.8 Å². The van der Waals surface area contributed by atoms with E-state index in [1.54, 1.807) is 65.1 Å². The van der Waals surface area contributed by atoms with Gasteiger partial charge in [0.2, 0.25) is 0 Å². The Hall–Kier alpha value is -4.07. The van der Waals surface area contributed by atoms with Gasteiger partial charge < -0.3 is 24.3 Å². The molecule has 3 rings (SSSR count). The van der Waals surface area contributed by atoms with Crippen molar-refractivity contribution in [3.63, 3.8) is 0 Å². The first-order valence-corrected chi connectivity index (χ1v) is 13.5. The van der Waals surface area contributed by atoms with Crippen LogP contribution in [0.2, 0.25) is 0 Å². The number of carbonyl (C=O) groups excluding carboxylic acids is 2. The minimum atomic E-state index is -0.667. The molecule has 0 saturated carbocycles. The molecule has 7 nitrogen and oxygen atoms in total. The molecule has 0 aliphatic carbocycles. The summed E-state index contributed by atoms with van der Waals surface area (Å²) in [7, 11) is 1.54. The van der Waals surface area contributed by atoms with E-state index in [-0.39, 0.29) is 19.0 Å². The third kappa shape index (κ3) is 9.52. The predicted molar refractivity (Wildman–Crippen MR) is 156 cm³/mol. The van der Waals surface area contributed by atoms with Crippen LogP contribution in [0.5, 0.6) is 11.5 Å². The fraction of sp³-hybridized carbons (Fsp3) is 0.394. The third-order valence-electron chi connectivity index (χ3n) is 5.86. The van der Waals surface area contributed by atoms with Crippen LogP contribution in [0.25, 0.3) is 11.1 Å². The highest BCUT2D eigenvalue weighted by atomic mass is 19.1. The van der Waals surface area contributed by atoms with E-state index in [0.717, 1.165) is 5.56 Å². The number of para-hydroxylation sites is 1. The highest BCUT2D eigenvalue weighted by Crippen LogP contribution is 2.32. The molecule has 0 heterocycles. The lowest BCUT2D eigenvalue weighted by molar-refractivity contribution is -0.153. The third-order valence-corrected chi connectivity index (χ3v) is 5.86. The molecule has 1 unspecified atom stereocenters. The smallest absolute Gasteiger partial charge is 0.408 e. The number of hydrogen-bond acceptors (Lipinski definition) is 6. The quantitative estimate of drug-likeness (QED) is 0.270. The number of alkyl carbamates (subject to hydrolysis) is 1. The van der Waals surface area contributed by atoms with Crippen molar-refractivity contribution < 1.29 is 32.9 Å². The van der Waals surface area contributed by atoms with Gasteiger partial charge in [0.15, 0.2) is 0 Å². The van der Waals surface area contributed by atoms with E-state index >= 15 is 4.39 Å². The number of benzene rings is 3. The molecule has 0 aliphatic heterocycles. The van der Waals surface area contributed by atoms with E-state index in [1.165, 1.54) is 0 Å². The fourth-order valence-electron chi connectivity index (χ4n) is 4.17. The average molecular weight is 566 g/mol. The van der Waals surface area contributed by atoms with Crippen molar-refractivity contribution in [2.75, 3.05) is 7.11 Å². The molecule has 0 saturated heterocycles. The van der Waals surface area contributed by atoms with E-state index < -0.39 is 29.2 Å². The summed E-state index contributed by atoms with van der Waals surface area (Å²) in [4.78, 5) is 24.7. The van der Waals surface area contributed by atoms with Gasteiger partial charge in [-0.25, -0.2) is 9.18 Å². The lowest BCUT2D eigenvalue weighted by atomic mass is 9.97. The summed E-state index contributed by atoms with van der Waals surface area (Å²) >= 11 is 0. The molecule has 1 amide bonds. The molecule has 0 spiro atoms. The minimum absolute atomic E-state index is 0.0737. The van der Waals surface area contributed by atoms with Crippen LogP contribution in [-0.2, 0) is 27.3 Å². The monoisotopic (exact) mass is 565 g/mol. The topological polar surface area (TPSA) is 83.1 Å². The van der Waals surface area contributed by atoms with Crippen LogP contribution in [0, 0.1) is 5.82 Å². The molecule has 41 heavy (non-hydrogen) atoms. The van der Waals surface area contributed by atoms with Crippen LogP contribution in [0.1, 0.15) is 71.2 Å². The first-order chi connectivity index (χ1) is 19.1. The van der Waals surface area contributed by atoms with Crippen molar-refractivity contribution in [2.45, 2.75) is 78.7 Å². The Labute approximate surface area is 242 Å². The van der Waals surface area contributed by atoms with Crippen LogP contribution < -0.4 is 14.8 Å². The van der Waals surface area contributed by atoms with Crippen molar-refractivity contribution in [3.8, 4) is 22.6 Å². The lowest BCUT2D eigenvalue weighted by Crippen LogP contribution is -2.34. The van der Waals surface area contributed by atoms with Gasteiger partial charge in [-0.1, -0.05) is 36.4 Å². The number of amides is 1. The van der Waals surface area contributed by atoms with Gasteiger partial charge in [-0.05, 0) is 83.9 Å². The van der Waals surface area contributed by atoms with E-state index in [4.69, 9.17) is 18.9 Å². The number of methoxy groups -OCH3 is 1. The maximum atomic E-state index is 15.8. The summed E-state index contributed by atoms with van der Waals surface area (Å²) in [5.74, 6) is 0.285. The molecule has 3 aromatic carbocycles. The van der Waals surface area contributed by atoms with Gasteiger partial charge in [-0.3, -0.25) is 4.79 Å². The second kappa shape index (κ2) is 13.1. The minimum Gasteiger partial charge on any atom is -0.497 e. The zero-order chi connectivity index (χ0) is 30.4. The highest BCUT2D eigenvalue weighted by Gasteiger charge is 2.22. The SMILES string of the molecule is COc1cc(COc2ccccc2CC(=O)OC(C)(C)C)cc(-c2cccc(C(C)NC(=O)OC(C)(C)C)c2F)c1. The van der Waals surface area contributed by atoms with Crippen LogP contribution >= 0.6 is 0 Å². The Bertz CT molecular complexity index is 1370. The van der Waals surface area contributed by atoms with Crippen molar-refractivity contribution in [2.24, 2.45) is 0 Å². The zero-order valence-corrected chi connectivity index (χ0v) is 25.1. The second-order valence-electron chi connectivity index (χ2n) is 11.8. The highest BCUT2D eigenvalue weighted by molar-refractivity contribution is 5.74. The normalized spacial score (nSPS) is 12.3. The molecule has 220 valence electrons. The number of carbonyl (C=O) groups is 2. The molecule has 1 atom stereocenters. The van der Waals surface area contributed by atoms with Crippen LogP contribution in [0.15, 0.2) is 60.7 Å². The summed E-state index contributed by atoms with van der Waals surface area (Å²) in [6.45, 7) is 12.6. The summed E-state index contributed by atoms with van der Waals surface area (Å²) in [6.07, 6.45) is -0.549. The Balaban J connectivity index is 1.83. The molecule has 0 aromatic heterocycles. The molecular formula is C33H40FNO6. The number of hydrogen-bond donors (Lipinski definition) is 1. The molecule has 3 aromatic rings. The van der Waals surface area contributed by atoms with Crippen LogP contribution in [-0.4, -0.2) is 30.4 Å². The summed E-state index contributed by atoms with van der Waals surface area (Å²) in [5.41, 5.74) is 1.47. The Morgan fingerprint density at radius 3 is 2.24 bits per heavy atom. The van der Waals surface area contributed by atoms with Crippen molar-refractivity contribution >= 4 is 12.1 Å². The van der Waals surface area contributed by atoms with Crippen molar-refractivity contribution in [1.82, 2.24) is 5.32 Å². The van der Waals surface area contributed by atoms with Crippen molar-refractivity contribution in [1.29, 1.82) is 0 Å². The number of nitrogens with one attached hydrogen (secondary N) is 1. The second-order valence-corrected chi connectivity index (χ2v) is 11.8. The average Bonchev–Trinajstić information content (AvgIpc) is 2.85. The van der Waals surface area contributed by atoms with E-state index in [9.17, 15) is 9.59 Å². The van der Waals surface area contributed by atoms with Gasteiger partial charge in [-0.2, -0.15) is 0 Å². The predicted octanol–water partition coefficient (Wildman–Crippen LogP) is 7.55. The molecule has 1 N–H and O–H groups in total. The largest absolute Gasteiger partial charge is 0.497 e. The Kier molecular flexibility index (Phi) is 10.0. The number of esters is 1. The van der Waals surface area contributed by atoms with Crippen molar-refractivity contribution in [3.05, 3.63) is 83.2 Å². The molecule has 0 bridgehead atoms. The van der Waals surface area contributed by atoms with Gasteiger partial charge in [0.25, 0.3) is 0 Å². The van der Waals surface area contributed by atoms with Gasteiger partial charge in [0.1, 0.15) is 35.1 Å². The fourth-order valence-corrected chi connectivity index (χ4v) is 4.17. The first kappa shape index (κ1) is 31.5. The zero-order valence-electron chi connectivity index (χ0n) is 25.1. The lowest BCUT2D eigenvalue weighted by Gasteiger charge is -2.22. The Morgan fingerprint density at radius 1 is 0.902 bits per heavy atom. The number of halogens is 1. The molecular weight excluding hydrogens is 525 g/mol. The van der Waals surface area contributed by atoms with Gasteiger partial charge in [0, 0.05) is 16.7 Å². The van der Waals surface area contributed by atoms with E-state index in [2.05, 4.69) is 5.32 Å². The van der Waals surface area contributed by atoms with Gasteiger partial charge in [0.05, 0.1) is 19.6 Å². The van der Waals surface area contributed by atoms with Crippen LogP contribution in [0.4, 0.5) is 9.18 Å². The summed E-state index contributed by atoms with van der Waals surface area (Å²) < 4.78 is 38.2. The van der Waals surface area contributed by atoms with E-state index in [1.807, 2.05) is 51.1 Å². The Morgan fingerprint density at radius 2 is 1.59 bits per heavy atom. The number of rotatable bonds is 9. The van der Waals surface area contributed by atoms with Crippen LogP contribution in [0.3, 0.4) is 0 Å². The first-order valence-electron chi connectivity index (χ1n) is 13.5. The molecule has 0 radical (unpaired) electrons. The molecule has 8 heteroatoms. The maximum absolute atomic E-state index is 15.8. The summed E-state index contributed by atoms with van der Waals surface area (Å²) in [6, 6.07) is 17.1. The standard InChI is InChI=1S/C33H40FNO6/c1-21(35-31(37)41-33(5,6)7)26-13-11-14-27(30(26)34)24-16-22(17-25(18-24)38-8)20-39-28-15-10-9-12-23(28)19-29(36)40-32(2,3)4/h9-18,21H,19-20H2,1-8H3,(H,35,37). The summed E-state index contributed by atoms with van der Waals surface area (Å²) in [5, 5.41) is 2.70. The molecule has 0 fully saturated rings. The maximum Gasteiger partial charge on any atom is 0.408 e. The van der Waals surface area contributed by atoms with Gasteiger partial charge >= 0.3 is 12.1 Å². The number of ether oxygens (including phenoxy) is 4. The molecule has 0 aliphatic rings.